The molecule has 4 heteroatoms. The first-order valence-corrected chi connectivity index (χ1v) is 7.57. The molecule has 1 unspecified atom stereocenters. The summed E-state index contributed by atoms with van der Waals surface area (Å²) in [4.78, 5) is 12.1. The number of hydrogen-bond donors (Lipinski definition) is 3. The van der Waals surface area contributed by atoms with E-state index >= 15 is 0 Å². The SMILES string of the molecule is CC(C)(C)CC(N)CC(=O)N[C@@H]1c2ccccc2C[C@@H]1O. The Labute approximate surface area is 126 Å². The molecule has 1 aromatic rings. The molecule has 116 valence electrons. The normalized spacial score (nSPS) is 22.7. The molecule has 4 nitrogen and oxygen atoms in total. The Morgan fingerprint density at radius 1 is 1.43 bits per heavy atom. The van der Waals surface area contributed by atoms with E-state index in [0.717, 1.165) is 17.5 Å². The Kier molecular flexibility index (Phi) is 4.69. The number of nitrogens with one attached hydrogen (secondary N) is 1. The summed E-state index contributed by atoms with van der Waals surface area (Å²) in [6.07, 6.45) is 1.13. The fourth-order valence-corrected chi connectivity index (χ4v) is 3.08. The van der Waals surface area contributed by atoms with Gasteiger partial charge < -0.3 is 16.2 Å². The van der Waals surface area contributed by atoms with Crippen molar-refractivity contribution in [1.29, 1.82) is 0 Å². The summed E-state index contributed by atoms with van der Waals surface area (Å²) in [5.41, 5.74) is 8.27. The number of aliphatic hydroxyl groups excluding tert-OH is 1. The van der Waals surface area contributed by atoms with E-state index in [4.69, 9.17) is 5.73 Å². The largest absolute Gasteiger partial charge is 0.390 e. The number of rotatable bonds is 4. The van der Waals surface area contributed by atoms with Crippen LogP contribution in [-0.2, 0) is 11.2 Å². The van der Waals surface area contributed by atoms with Crippen molar-refractivity contribution >= 4 is 5.91 Å². The van der Waals surface area contributed by atoms with Crippen LogP contribution in [0.5, 0.6) is 0 Å². The number of nitrogens with two attached hydrogens (primary N) is 1. The van der Waals surface area contributed by atoms with Crippen molar-refractivity contribution in [3.63, 3.8) is 0 Å². The number of fused-ring (bicyclic) bond motifs is 1. The molecule has 0 saturated heterocycles. The Morgan fingerprint density at radius 3 is 2.76 bits per heavy atom. The van der Waals surface area contributed by atoms with E-state index in [1.807, 2.05) is 24.3 Å². The van der Waals surface area contributed by atoms with Gasteiger partial charge in [0, 0.05) is 18.9 Å². The lowest BCUT2D eigenvalue weighted by atomic mass is 9.87. The number of hydrogen-bond acceptors (Lipinski definition) is 3. The molecule has 0 fully saturated rings. The van der Waals surface area contributed by atoms with Crippen molar-refractivity contribution < 1.29 is 9.90 Å². The van der Waals surface area contributed by atoms with Gasteiger partial charge >= 0.3 is 0 Å². The smallest absolute Gasteiger partial charge is 0.222 e. The summed E-state index contributed by atoms with van der Waals surface area (Å²) in [5, 5.41) is 13.1. The van der Waals surface area contributed by atoms with E-state index in [1.54, 1.807) is 0 Å². The molecule has 0 radical (unpaired) electrons. The summed E-state index contributed by atoms with van der Waals surface area (Å²) >= 11 is 0. The van der Waals surface area contributed by atoms with Gasteiger partial charge in [0.1, 0.15) is 0 Å². The lowest BCUT2D eigenvalue weighted by Crippen LogP contribution is -2.38. The first-order valence-electron chi connectivity index (χ1n) is 7.57. The van der Waals surface area contributed by atoms with Crippen molar-refractivity contribution in [1.82, 2.24) is 5.32 Å². The van der Waals surface area contributed by atoms with Crippen molar-refractivity contribution in [3.8, 4) is 0 Å². The van der Waals surface area contributed by atoms with E-state index in [9.17, 15) is 9.90 Å². The van der Waals surface area contributed by atoms with Crippen LogP contribution in [0.4, 0.5) is 0 Å². The highest BCUT2D eigenvalue weighted by Crippen LogP contribution is 2.31. The third kappa shape index (κ3) is 4.29. The summed E-state index contributed by atoms with van der Waals surface area (Å²) in [6, 6.07) is 7.38. The first kappa shape index (κ1) is 16.0. The lowest BCUT2D eigenvalue weighted by Gasteiger charge is -2.24. The predicted octanol–water partition coefficient (Wildman–Crippen LogP) is 1.91. The van der Waals surface area contributed by atoms with Gasteiger partial charge in [0.05, 0.1) is 12.1 Å². The molecule has 1 aliphatic rings. The third-order valence-electron chi connectivity index (χ3n) is 3.84. The van der Waals surface area contributed by atoms with E-state index < -0.39 is 6.10 Å². The number of amides is 1. The number of carbonyl (C=O) groups excluding carboxylic acids is 1. The first-order chi connectivity index (χ1) is 9.76. The van der Waals surface area contributed by atoms with Crippen LogP contribution in [0.25, 0.3) is 0 Å². The number of aliphatic hydroxyl groups is 1. The van der Waals surface area contributed by atoms with Crippen LogP contribution in [-0.4, -0.2) is 23.2 Å². The standard InChI is InChI=1S/C17H26N2O2/c1-17(2,3)10-12(18)9-15(21)19-16-13-7-5-4-6-11(13)8-14(16)20/h4-7,12,14,16,20H,8-10,18H2,1-3H3,(H,19,21)/t12?,14-,16+/m0/s1. The second-order valence-corrected chi connectivity index (χ2v) is 7.24. The molecule has 2 rings (SSSR count). The summed E-state index contributed by atoms with van der Waals surface area (Å²) < 4.78 is 0. The van der Waals surface area contributed by atoms with E-state index in [2.05, 4.69) is 26.1 Å². The van der Waals surface area contributed by atoms with E-state index in [0.29, 0.717) is 12.8 Å². The van der Waals surface area contributed by atoms with Crippen LogP contribution in [0.3, 0.4) is 0 Å². The van der Waals surface area contributed by atoms with Crippen molar-refractivity contribution in [2.75, 3.05) is 0 Å². The second-order valence-electron chi connectivity index (χ2n) is 7.24. The highest BCUT2D eigenvalue weighted by Gasteiger charge is 2.32. The van der Waals surface area contributed by atoms with Gasteiger partial charge in [0.2, 0.25) is 5.91 Å². The Bertz CT molecular complexity index is 508. The highest BCUT2D eigenvalue weighted by molar-refractivity contribution is 5.77. The predicted molar refractivity (Wildman–Crippen MR) is 83.7 cm³/mol. The minimum Gasteiger partial charge on any atom is -0.390 e. The van der Waals surface area contributed by atoms with Gasteiger partial charge in [-0.05, 0) is 23.0 Å². The molecule has 0 heterocycles. The Balaban J connectivity index is 1.94. The second kappa shape index (κ2) is 6.16. The molecule has 4 N–H and O–H groups in total. The summed E-state index contributed by atoms with van der Waals surface area (Å²) in [5.74, 6) is -0.0903. The van der Waals surface area contributed by atoms with Crippen LogP contribution in [0.2, 0.25) is 0 Å². The van der Waals surface area contributed by atoms with Gasteiger partial charge in [0.15, 0.2) is 0 Å². The highest BCUT2D eigenvalue weighted by atomic mass is 16.3. The topological polar surface area (TPSA) is 75.4 Å². The van der Waals surface area contributed by atoms with Crippen molar-refractivity contribution in [3.05, 3.63) is 35.4 Å². The average molecular weight is 290 g/mol. The molecule has 0 saturated carbocycles. The van der Waals surface area contributed by atoms with Gasteiger partial charge in [-0.15, -0.1) is 0 Å². The van der Waals surface area contributed by atoms with Crippen LogP contribution in [0.1, 0.15) is 50.8 Å². The third-order valence-corrected chi connectivity index (χ3v) is 3.84. The Morgan fingerprint density at radius 2 is 2.10 bits per heavy atom. The zero-order valence-electron chi connectivity index (χ0n) is 13.1. The summed E-state index contributed by atoms with van der Waals surface area (Å²) in [7, 11) is 0. The lowest BCUT2D eigenvalue weighted by molar-refractivity contribution is -0.123. The Hall–Kier alpha value is -1.39. The fraction of sp³-hybridized carbons (Fsp3) is 0.588. The molecule has 0 aromatic heterocycles. The maximum absolute atomic E-state index is 12.1. The van der Waals surface area contributed by atoms with Crippen LogP contribution < -0.4 is 11.1 Å². The molecular weight excluding hydrogens is 264 g/mol. The molecule has 1 aromatic carbocycles. The van der Waals surface area contributed by atoms with Crippen LogP contribution in [0, 0.1) is 5.41 Å². The molecule has 1 amide bonds. The molecule has 1 aliphatic carbocycles. The maximum Gasteiger partial charge on any atom is 0.222 e. The van der Waals surface area contributed by atoms with Gasteiger partial charge in [0.25, 0.3) is 0 Å². The van der Waals surface area contributed by atoms with Gasteiger partial charge in [-0.2, -0.15) is 0 Å². The molecule has 0 aliphatic heterocycles. The molecule has 21 heavy (non-hydrogen) atoms. The van der Waals surface area contributed by atoms with Gasteiger partial charge in [-0.25, -0.2) is 0 Å². The van der Waals surface area contributed by atoms with Crippen LogP contribution >= 0.6 is 0 Å². The van der Waals surface area contributed by atoms with E-state index in [-0.39, 0.29) is 23.4 Å². The fourth-order valence-electron chi connectivity index (χ4n) is 3.08. The quantitative estimate of drug-likeness (QED) is 0.793. The van der Waals surface area contributed by atoms with Gasteiger partial charge in [-0.1, -0.05) is 45.0 Å². The zero-order valence-corrected chi connectivity index (χ0v) is 13.1. The van der Waals surface area contributed by atoms with E-state index in [1.165, 1.54) is 0 Å². The maximum atomic E-state index is 12.1. The average Bonchev–Trinajstić information content (AvgIpc) is 2.63. The monoisotopic (exact) mass is 290 g/mol. The molecule has 0 bridgehead atoms. The van der Waals surface area contributed by atoms with Gasteiger partial charge in [-0.3, -0.25) is 4.79 Å². The number of benzene rings is 1. The minimum absolute atomic E-state index is 0.0903. The number of carbonyl (C=O) groups is 1. The van der Waals surface area contributed by atoms with Crippen molar-refractivity contribution in [2.24, 2.45) is 11.1 Å². The summed E-state index contributed by atoms with van der Waals surface area (Å²) in [6.45, 7) is 6.34. The minimum atomic E-state index is -0.551. The molecule has 0 spiro atoms. The molecule has 3 atom stereocenters. The zero-order chi connectivity index (χ0) is 15.6. The van der Waals surface area contributed by atoms with Crippen molar-refractivity contribution in [2.45, 2.75) is 58.2 Å². The van der Waals surface area contributed by atoms with Crippen LogP contribution in [0.15, 0.2) is 24.3 Å². The molecular formula is C17H26N2O2.